The van der Waals surface area contributed by atoms with Crippen molar-refractivity contribution in [1.29, 1.82) is 0 Å². The first-order chi connectivity index (χ1) is 14.2. The predicted molar refractivity (Wildman–Crippen MR) is 114 cm³/mol. The van der Waals surface area contributed by atoms with Gasteiger partial charge in [0.2, 0.25) is 10.0 Å². The summed E-state index contributed by atoms with van der Waals surface area (Å²) in [5.41, 5.74) is 3.09. The van der Waals surface area contributed by atoms with Crippen LogP contribution in [0.25, 0.3) is 5.69 Å². The highest BCUT2D eigenvalue weighted by Crippen LogP contribution is 2.22. The fourth-order valence-corrected chi connectivity index (χ4v) is 4.29. The molecule has 2 N–H and O–H groups in total. The predicted octanol–water partition coefficient (Wildman–Crippen LogP) is 3.25. The molecule has 2 aromatic carbocycles. The molecule has 3 rings (SSSR count). The van der Waals surface area contributed by atoms with Crippen LogP contribution in [0.1, 0.15) is 27.3 Å². The van der Waals surface area contributed by atoms with Gasteiger partial charge in [-0.25, -0.2) is 17.5 Å². The summed E-state index contributed by atoms with van der Waals surface area (Å²) in [7, 11) is -3.64. The molecule has 0 spiro atoms. The van der Waals surface area contributed by atoms with Crippen molar-refractivity contribution in [1.82, 2.24) is 14.6 Å². The van der Waals surface area contributed by atoms with Gasteiger partial charge in [0.15, 0.2) is 0 Å². The van der Waals surface area contributed by atoms with Crippen molar-refractivity contribution >= 4 is 15.9 Å². The number of amides is 1. The Labute approximate surface area is 175 Å². The third-order valence-electron chi connectivity index (χ3n) is 4.80. The standard InChI is InChI=1S/C22H24FN3O3S/c1-15-8-10-18(11-9-15)30(28,29)25-13-12-24-22(27)19-14-16(2)26(17(19)3)21-7-5-4-6-20(21)23/h4-11,14,25H,12-13H2,1-3H3,(H,24,27). The van der Waals surface area contributed by atoms with E-state index in [0.717, 1.165) is 11.3 Å². The summed E-state index contributed by atoms with van der Waals surface area (Å²) in [6.07, 6.45) is 0. The number of hydrogen-bond acceptors (Lipinski definition) is 3. The smallest absolute Gasteiger partial charge is 0.253 e. The van der Waals surface area contributed by atoms with Crippen molar-refractivity contribution in [2.75, 3.05) is 13.1 Å². The molecule has 158 valence electrons. The molecule has 0 saturated heterocycles. The van der Waals surface area contributed by atoms with Crippen LogP contribution in [-0.4, -0.2) is 32.0 Å². The van der Waals surface area contributed by atoms with E-state index in [0.29, 0.717) is 16.9 Å². The van der Waals surface area contributed by atoms with Gasteiger partial charge in [-0.3, -0.25) is 4.79 Å². The monoisotopic (exact) mass is 429 g/mol. The molecule has 0 fully saturated rings. The molecule has 1 heterocycles. The molecule has 0 aliphatic heterocycles. The van der Waals surface area contributed by atoms with Gasteiger partial charge in [0, 0.05) is 24.5 Å². The zero-order valence-electron chi connectivity index (χ0n) is 17.1. The average molecular weight is 430 g/mol. The Bertz CT molecular complexity index is 1170. The maximum atomic E-state index is 14.2. The number of para-hydroxylation sites is 1. The Kier molecular flexibility index (Phi) is 6.38. The number of sulfonamides is 1. The lowest BCUT2D eigenvalue weighted by atomic mass is 10.2. The molecule has 30 heavy (non-hydrogen) atoms. The number of nitrogens with one attached hydrogen (secondary N) is 2. The fraction of sp³-hybridized carbons (Fsp3) is 0.227. The van der Waals surface area contributed by atoms with E-state index in [1.807, 2.05) is 6.92 Å². The van der Waals surface area contributed by atoms with Gasteiger partial charge in [-0.15, -0.1) is 0 Å². The van der Waals surface area contributed by atoms with Crippen LogP contribution in [0.3, 0.4) is 0 Å². The van der Waals surface area contributed by atoms with E-state index < -0.39 is 10.0 Å². The number of hydrogen-bond donors (Lipinski definition) is 2. The molecule has 0 unspecified atom stereocenters. The summed E-state index contributed by atoms with van der Waals surface area (Å²) in [6, 6.07) is 14.6. The topological polar surface area (TPSA) is 80.2 Å². The van der Waals surface area contributed by atoms with Gasteiger partial charge < -0.3 is 9.88 Å². The van der Waals surface area contributed by atoms with Crippen LogP contribution in [0.2, 0.25) is 0 Å². The Hall–Kier alpha value is -2.97. The SMILES string of the molecule is Cc1ccc(S(=O)(=O)NCCNC(=O)c2cc(C)n(-c3ccccc3F)c2C)cc1. The van der Waals surface area contributed by atoms with E-state index in [-0.39, 0.29) is 29.7 Å². The van der Waals surface area contributed by atoms with Crippen LogP contribution < -0.4 is 10.0 Å². The number of carbonyl (C=O) groups is 1. The van der Waals surface area contributed by atoms with E-state index in [1.54, 1.807) is 54.8 Å². The molecule has 0 aliphatic carbocycles. The zero-order chi connectivity index (χ0) is 21.9. The summed E-state index contributed by atoms with van der Waals surface area (Å²) in [6.45, 7) is 5.59. The second-order valence-electron chi connectivity index (χ2n) is 7.04. The second kappa shape index (κ2) is 8.81. The average Bonchev–Trinajstić information content (AvgIpc) is 3.00. The van der Waals surface area contributed by atoms with Crippen molar-refractivity contribution in [3.63, 3.8) is 0 Å². The Morgan fingerprint density at radius 3 is 2.33 bits per heavy atom. The van der Waals surface area contributed by atoms with Gasteiger partial charge in [0.25, 0.3) is 5.91 Å². The maximum absolute atomic E-state index is 14.2. The lowest BCUT2D eigenvalue weighted by Gasteiger charge is -2.11. The van der Waals surface area contributed by atoms with Crippen LogP contribution in [0.5, 0.6) is 0 Å². The summed E-state index contributed by atoms with van der Waals surface area (Å²) in [5, 5.41) is 2.71. The minimum atomic E-state index is -3.64. The minimum absolute atomic E-state index is 0.0496. The van der Waals surface area contributed by atoms with Crippen LogP contribution in [0.15, 0.2) is 59.5 Å². The zero-order valence-corrected chi connectivity index (χ0v) is 17.9. The van der Waals surface area contributed by atoms with E-state index in [2.05, 4.69) is 10.0 Å². The van der Waals surface area contributed by atoms with Crippen molar-refractivity contribution in [3.8, 4) is 5.69 Å². The van der Waals surface area contributed by atoms with Gasteiger partial charge in [-0.2, -0.15) is 0 Å². The third-order valence-corrected chi connectivity index (χ3v) is 6.28. The highest BCUT2D eigenvalue weighted by atomic mass is 32.2. The Morgan fingerprint density at radius 1 is 1.00 bits per heavy atom. The molecule has 1 amide bonds. The fourth-order valence-electron chi connectivity index (χ4n) is 3.25. The van der Waals surface area contributed by atoms with Crippen molar-refractivity contribution < 1.29 is 17.6 Å². The molecular formula is C22H24FN3O3S. The molecule has 0 aliphatic rings. The molecule has 1 aromatic heterocycles. The summed E-state index contributed by atoms with van der Waals surface area (Å²) in [4.78, 5) is 12.8. The number of aryl methyl sites for hydroxylation is 2. The Balaban J connectivity index is 1.64. The summed E-state index contributed by atoms with van der Waals surface area (Å²) < 4.78 is 42.9. The first-order valence-corrected chi connectivity index (χ1v) is 11.0. The van der Waals surface area contributed by atoms with E-state index in [1.165, 1.54) is 18.2 Å². The molecule has 0 atom stereocenters. The van der Waals surface area contributed by atoms with Gasteiger partial charge in [0.1, 0.15) is 5.82 Å². The third kappa shape index (κ3) is 4.60. The second-order valence-corrected chi connectivity index (χ2v) is 8.81. The van der Waals surface area contributed by atoms with Crippen LogP contribution in [0.4, 0.5) is 4.39 Å². The molecular weight excluding hydrogens is 405 g/mol. The van der Waals surface area contributed by atoms with Crippen molar-refractivity contribution in [2.45, 2.75) is 25.7 Å². The van der Waals surface area contributed by atoms with Gasteiger partial charge >= 0.3 is 0 Å². The number of benzene rings is 2. The largest absolute Gasteiger partial charge is 0.351 e. The van der Waals surface area contributed by atoms with Crippen molar-refractivity contribution in [3.05, 3.63) is 82.9 Å². The highest BCUT2D eigenvalue weighted by molar-refractivity contribution is 7.89. The number of nitrogens with zero attached hydrogens (tertiary/aromatic N) is 1. The molecule has 3 aromatic rings. The number of rotatable bonds is 7. The van der Waals surface area contributed by atoms with E-state index in [4.69, 9.17) is 0 Å². The normalized spacial score (nSPS) is 11.5. The van der Waals surface area contributed by atoms with Gasteiger partial charge in [0.05, 0.1) is 16.1 Å². The highest BCUT2D eigenvalue weighted by Gasteiger charge is 2.18. The van der Waals surface area contributed by atoms with E-state index in [9.17, 15) is 17.6 Å². The molecule has 0 bridgehead atoms. The van der Waals surface area contributed by atoms with Crippen LogP contribution >= 0.6 is 0 Å². The lowest BCUT2D eigenvalue weighted by molar-refractivity contribution is 0.0953. The molecule has 8 heteroatoms. The Morgan fingerprint density at radius 2 is 1.67 bits per heavy atom. The molecule has 6 nitrogen and oxygen atoms in total. The number of aromatic nitrogens is 1. The maximum Gasteiger partial charge on any atom is 0.253 e. The quantitative estimate of drug-likeness (QED) is 0.566. The minimum Gasteiger partial charge on any atom is -0.351 e. The van der Waals surface area contributed by atoms with Crippen LogP contribution in [-0.2, 0) is 10.0 Å². The van der Waals surface area contributed by atoms with Crippen LogP contribution in [0, 0.1) is 26.6 Å². The van der Waals surface area contributed by atoms with Gasteiger partial charge in [-0.05, 0) is 51.1 Å². The summed E-state index contributed by atoms with van der Waals surface area (Å²) in [5.74, 6) is -0.725. The molecule has 0 radical (unpaired) electrons. The number of halogens is 1. The van der Waals surface area contributed by atoms with E-state index >= 15 is 0 Å². The van der Waals surface area contributed by atoms with Gasteiger partial charge in [-0.1, -0.05) is 29.8 Å². The first-order valence-electron chi connectivity index (χ1n) is 9.49. The molecule has 0 saturated carbocycles. The lowest BCUT2D eigenvalue weighted by Crippen LogP contribution is -2.34. The number of carbonyl (C=O) groups excluding carboxylic acids is 1. The first kappa shape index (κ1) is 21.7. The van der Waals surface area contributed by atoms with Crippen molar-refractivity contribution in [2.24, 2.45) is 0 Å². The summed E-state index contributed by atoms with van der Waals surface area (Å²) >= 11 is 0.